The minimum Gasteiger partial charge on any atom is -0.492 e. The second-order valence-corrected chi connectivity index (χ2v) is 5.56. The van der Waals surface area contributed by atoms with E-state index in [1.165, 1.54) is 34.9 Å². The van der Waals surface area contributed by atoms with Crippen LogP contribution in [0.4, 0.5) is 10.2 Å². The van der Waals surface area contributed by atoms with Crippen LogP contribution in [0.2, 0.25) is 0 Å². The van der Waals surface area contributed by atoms with Gasteiger partial charge < -0.3 is 15.2 Å². The summed E-state index contributed by atoms with van der Waals surface area (Å²) >= 11 is 0. The predicted octanol–water partition coefficient (Wildman–Crippen LogP) is 2.33. The topological polar surface area (TPSA) is 92.9 Å². The number of benzene rings is 1. The fourth-order valence-electron chi connectivity index (χ4n) is 2.49. The Balaban J connectivity index is 1.81. The average Bonchev–Trinajstić information content (AvgIpc) is 2.61. The van der Waals surface area contributed by atoms with Crippen LogP contribution in [0.1, 0.15) is 15.9 Å². The Hall–Kier alpha value is -3.42. The molecule has 1 aromatic carbocycles. The van der Waals surface area contributed by atoms with Gasteiger partial charge in [0.05, 0.1) is 6.54 Å². The van der Waals surface area contributed by atoms with E-state index in [-0.39, 0.29) is 24.8 Å². The Morgan fingerprint density at radius 2 is 2.04 bits per heavy atom. The van der Waals surface area contributed by atoms with Gasteiger partial charge in [-0.05, 0) is 42.8 Å². The quantitative estimate of drug-likeness (QED) is 0.658. The van der Waals surface area contributed by atoms with Gasteiger partial charge in [-0.25, -0.2) is 14.2 Å². The third-order valence-corrected chi connectivity index (χ3v) is 3.74. The molecule has 134 valence electrons. The first kappa shape index (κ1) is 17.4. The number of hydrogen-bond donors (Lipinski definition) is 2. The number of carboxylic acid groups (broad SMARTS) is 1. The number of nitrogens with one attached hydrogen (secondary N) is 1. The Morgan fingerprint density at radius 1 is 1.31 bits per heavy atom. The van der Waals surface area contributed by atoms with E-state index in [0.29, 0.717) is 11.4 Å². The van der Waals surface area contributed by atoms with Gasteiger partial charge in [0.1, 0.15) is 29.6 Å². The number of carboxylic acids is 1. The monoisotopic (exact) mass is 357 g/mol. The summed E-state index contributed by atoms with van der Waals surface area (Å²) in [4.78, 5) is 28.2. The molecule has 3 rings (SSSR count). The molecule has 2 heterocycles. The maximum absolute atomic E-state index is 12.9. The van der Waals surface area contributed by atoms with E-state index >= 15 is 0 Å². The standard InChI is InChI=1S/C18H16FN3O4/c1-11-3-2-9-22-16(11)21-15(14(17(22)23)18(24)25)20-8-10-26-13-6-4-12(19)5-7-13/h2-7,9,20H,8,10H2,1H3,(H,24,25). The van der Waals surface area contributed by atoms with Crippen LogP contribution in [0, 0.1) is 12.7 Å². The lowest BCUT2D eigenvalue weighted by Crippen LogP contribution is -2.27. The van der Waals surface area contributed by atoms with Crippen molar-refractivity contribution >= 4 is 17.4 Å². The number of aromatic carboxylic acids is 1. The van der Waals surface area contributed by atoms with E-state index in [1.54, 1.807) is 19.1 Å². The highest BCUT2D eigenvalue weighted by molar-refractivity contribution is 5.93. The van der Waals surface area contributed by atoms with Crippen LogP contribution in [-0.4, -0.2) is 33.6 Å². The summed E-state index contributed by atoms with van der Waals surface area (Å²) in [6.45, 7) is 2.18. The largest absolute Gasteiger partial charge is 0.492 e. The fourth-order valence-corrected chi connectivity index (χ4v) is 2.49. The summed E-state index contributed by atoms with van der Waals surface area (Å²) < 4.78 is 19.5. The first-order valence-electron chi connectivity index (χ1n) is 7.85. The van der Waals surface area contributed by atoms with E-state index in [1.807, 2.05) is 0 Å². The molecule has 0 atom stereocenters. The van der Waals surface area contributed by atoms with Crippen molar-refractivity contribution in [3.05, 3.63) is 69.9 Å². The molecule has 0 amide bonds. The fraction of sp³-hybridized carbons (Fsp3) is 0.167. The molecule has 0 saturated heterocycles. The van der Waals surface area contributed by atoms with Crippen LogP contribution in [0.5, 0.6) is 5.75 Å². The number of halogens is 1. The molecule has 0 aliphatic heterocycles. The lowest BCUT2D eigenvalue weighted by molar-refractivity contribution is 0.0695. The highest BCUT2D eigenvalue weighted by Crippen LogP contribution is 2.14. The van der Waals surface area contributed by atoms with Gasteiger partial charge in [0.25, 0.3) is 5.56 Å². The van der Waals surface area contributed by atoms with Crippen LogP contribution in [0.25, 0.3) is 5.65 Å². The van der Waals surface area contributed by atoms with Crippen LogP contribution in [0.3, 0.4) is 0 Å². The van der Waals surface area contributed by atoms with Gasteiger partial charge in [-0.2, -0.15) is 0 Å². The SMILES string of the molecule is Cc1cccn2c(=O)c(C(=O)O)c(NCCOc3ccc(F)cc3)nc12. The van der Waals surface area contributed by atoms with Crippen molar-refractivity contribution < 1.29 is 19.0 Å². The number of hydrogen-bond acceptors (Lipinski definition) is 5. The summed E-state index contributed by atoms with van der Waals surface area (Å²) in [6.07, 6.45) is 1.48. The molecular weight excluding hydrogens is 341 g/mol. The molecule has 8 heteroatoms. The summed E-state index contributed by atoms with van der Waals surface area (Å²) in [5.74, 6) is -1.26. The Labute approximate surface area is 147 Å². The molecule has 7 nitrogen and oxygen atoms in total. The summed E-state index contributed by atoms with van der Waals surface area (Å²) in [7, 11) is 0. The number of pyridine rings is 1. The van der Waals surface area contributed by atoms with Gasteiger partial charge in [0.2, 0.25) is 0 Å². The second-order valence-electron chi connectivity index (χ2n) is 5.56. The Bertz CT molecular complexity index is 1020. The molecular formula is C18H16FN3O4. The van der Waals surface area contributed by atoms with Crippen molar-refractivity contribution in [1.29, 1.82) is 0 Å². The first-order valence-corrected chi connectivity index (χ1v) is 7.85. The summed E-state index contributed by atoms with van der Waals surface area (Å²) in [5, 5.41) is 12.2. The molecule has 3 aromatic rings. The molecule has 0 aliphatic carbocycles. The number of aryl methyl sites for hydroxylation is 1. The van der Waals surface area contributed by atoms with E-state index in [9.17, 15) is 19.1 Å². The molecule has 0 spiro atoms. The maximum Gasteiger partial charge on any atom is 0.345 e. The number of carbonyl (C=O) groups is 1. The highest BCUT2D eigenvalue weighted by atomic mass is 19.1. The Kier molecular flexibility index (Phi) is 4.83. The van der Waals surface area contributed by atoms with Crippen LogP contribution in [-0.2, 0) is 0 Å². The van der Waals surface area contributed by atoms with Gasteiger partial charge in [-0.3, -0.25) is 9.20 Å². The number of aromatic nitrogens is 2. The Morgan fingerprint density at radius 3 is 2.73 bits per heavy atom. The zero-order valence-corrected chi connectivity index (χ0v) is 13.9. The summed E-state index contributed by atoms with van der Waals surface area (Å²) in [6, 6.07) is 8.97. The number of anilines is 1. The zero-order chi connectivity index (χ0) is 18.7. The van der Waals surface area contributed by atoms with Crippen LogP contribution in [0.15, 0.2) is 47.4 Å². The number of fused-ring (bicyclic) bond motifs is 1. The molecule has 0 aliphatic rings. The van der Waals surface area contributed by atoms with Gasteiger partial charge in [-0.1, -0.05) is 6.07 Å². The number of rotatable bonds is 6. The first-order chi connectivity index (χ1) is 12.5. The molecule has 0 saturated carbocycles. The number of nitrogens with zero attached hydrogens (tertiary/aromatic N) is 2. The molecule has 0 fully saturated rings. The van der Waals surface area contributed by atoms with Gasteiger partial charge in [0, 0.05) is 6.20 Å². The summed E-state index contributed by atoms with van der Waals surface area (Å²) in [5.41, 5.74) is 0.0274. The van der Waals surface area contributed by atoms with Crippen molar-refractivity contribution in [2.24, 2.45) is 0 Å². The highest BCUT2D eigenvalue weighted by Gasteiger charge is 2.19. The van der Waals surface area contributed by atoms with Crippen LogP contribution >= 0.6 is 0 Å². The molecule has 0 bridgehead atoms. The van der Waals surface area contributed by atoms with Gasteiger partial charge in [0.15, 0.2) is 5.56 Å². The van der Waals surface area contributed by atoms with Gasteiger partial charge >= 0.3 is 5.97 Å². The number of ether oxygens (including phenoxy) is 1. The predicted molar refractivity (Wildman–Crippen MR) is 93.5 cm³/mol. The maximum atomic E-state index is 12.9. The van der Waals surface area contributed by atoms with Crippen molar-refractivity contribution in [2.75, 3.05) is 18.5 Å². The van der Waals surface area contributed by atoms with E-state index < -0.39 is 17.1 Å². The zero-order valence-electron chi connectivity index (χ0n) is 13.9. The van der Waals surface area contributed by atoms with Crippen molar-refractivity contribution in [2.45, 2.75) is 6.92 Å². The lowest BCUT2D eigenvalue weighted by atomic mass is 10.2. The smallest absolute Gasteiger partial charge is 0.345 e. The molecule has 2 N–H and O–H groups in total. The van der Waals surface area contributed by atoms with E-state index in [4.69, 9.17) is 4.74 Å². The third-order valence-electron chi connectivity index (χ3n) is 3.74. The van der Waals surface area contributed by atoms with Crippen molar-refractivity contribution in [3.8, 4) is 5.75 Å². The molecule has 0 radical (unpaired) electrons. The molecule has 2 aromatic heterocycles. The van der Waals surface area contributed by atoms with Gasteiger partial charge in [-0.15, -0.1) is 0 Å². The molecule has 26 heavy (non-hydrogen) atoms. The molecule has 0 unspecified atom stereocenters. The van der Waals surface area contributed by atoms with E-state index in [2.05, 4.69) is 10.3 Å². The van der Waals surface area contributed by atoms with Crippen molar-refractivity contribution in [1.82, 2.24) is 9.38 Å². The van der Waals surface area contributed by atoms with E-state index in [0.717, 1.165) is 5.56 Å². The second kappa shape index (κ2) is 7.22. The lowest BCUT2D eigenvalue weighted by Gasteiger charge is -2.12. The average molecular weight is 357 g/mol. The third kappa shape index (κ3) is 3.49. The normalized spacial score (nSPS) is 10.7. The van der Waals surface area contributed by atoms with Crippen molar-refractivity contribution in [3.63, 3.8) is 0 Å². The minimum atomic E-state index is -1.36. The van der Waals surface area contributed by atoms with Crippen LogP contribution < -0.4 is 15.6 Å². The minimum absolute atomic E-state index is 0.0143.